The highest BCUT2D eigenvalue weighted by Crippen LogP contribution is 2.71. The lowest BCUT2D eigenvalue weighted by Crippen LogP contribution is -2.78. The number of carbonyl (C=O) groups excluding carboxylic acids is 2. The maximum Gasteiger partial charge on any atom is 0.339 e. The number of pyridine rings is 1. The molecule has 24 heteroatoms. The fraction of sp³-hybridized carbons (Fsp3) is 0.730. The summed E-state index contributed by atoms with van der Waals surface area (Å²) in [6, 6.07) is 12.4. The molecule has 87 heavy (non-hydrogen) atoms. The first-order valence-electron chi connectivity index (χ1n) is 30.4. The van der Waals surface area contributed by atoms with Crippen LogP contribution in [0.2, 0.25) is 0 Å². The molecule has 0 unspecified atom stereocenters. The summed E-state index contributed by atoms with van der Waals surface area (Å²) in [4.78, 5) is 31.6. The second kappa shape index (κ2) is 26.3. The zero-order valence-electron chi connectivity index (χ0n) is 50.8. The Morgan fingerprint density at radius 3 is 2.01 bits per heavy atom. The molecule has 2 aromatic rings. The Labute approximate surface area is 506 Å². The van der Waals surface area contributed by atoms with Crippen molar-refractivity contribution in [1.29, 1.82) is 0 Å². The predicted molar refractivity (Wildman–Crippen MR) is 303 cm³/mol. The molecule has 1 aromatic heterocycles. The third-order valence-electron chi connectivity index (χ3n) is 20.9. The summed E-state index contributed by atoms with van der Waals surface area (Å²) in [5, 5.41) is 92.3. The number of nitrogens with zero attached hydrogens (tertiary/aromatic N) is 1. The first kappa shape index (κ1) is 66.0. The van der Waals surface area contributed by atoms with Crippen molar-refractivity contribution in [1.82, 2.24) is 4.98 Å². The van der Waals surface area contributed by atoms with E-state index < -0.39 is 175 Å². The third-order valence-corrected chi connectivity index (χ3v) is 20.9. The van der Waals surface area contributed by atoms with Crippen molar-refractivity contribution in [2.24, 2.45) is 16.7 Å². The average Bonchev–Trinajstić information content (AvgIpc) is 1.60. The van der Waals surface area contributed by atoms with Crippen LogP contribution in [0.5, 0.6) is 0 Å². The van der Waals surface area contributed by atoms with Crippen LogP contribution in [0.1, 0.15) is 115 Å². The number of carbonyl (C=O) groups is 2. The molecule has 7 fully saturated rings. The highest BCUT2D eigenvalue weighted by atomic mass is 16.8. The van der Waals surface area contributed by atoms with Crippen LogP contribution in [0.15, 0.2) is 72.6 Å². The number of ether oxygens (including phenoxy) is 13. The minimum absolute atomic E-state index is 0.0337. The Kier molecular flexibility index (Phi) is 20.0. The Morgan fingerprint density at radius 2 is 1.37 bits per heavy atom. The maximum absolute atomic E-state index is 14.1. The fourth-order valence-electron chi connectivity index (χ4n) is 15.8. The number of methoxy groups -OCH3 is 3. The number of esters is 2. The molecule has 24 nitrogen and oxygen atoms in total. The van der Waals surface area contributed by atoms with Crippen LogP contribution >= 0.6 is 0 Å². The van der Waals surface area contributed by atoms with Gasteiger partial charge in [-0.15, -0.1) is 0 Å². The van der Waals surface area contributed by atoms with Crippen molar-refractivity contribution in [3.63, 3.8) is 0 Å². The van der Waals surface area contributed by atoms with Gasteiger partial charge in [0.05, 0.1) is 54.2 Å². The van der Waals surface area contributed by atoms with Gasteiger partial charge in [0.1, 0.15) is 83.9 Å². The zero-order chi connectivity index (χ0) is 62.5. The molecule has 4 saturated heterocycles. The molecule has 0 bridgehead atoms. The van der Waals surface area contributed by atoms with Crippen LogP contribution in [0.4, 0.5) is 0 Å². The van der Waals surface area contributed by atoms with Gasteiger partial charge in [0.2, 0.25) is 0 Å². The van der Waals surface area contributed by atoms with E-state index in [4.69, 9.17) is 61.6 Å². The molecule has 10 rings (SSSR count). The van der Waals surface area contributed by atoms with Crippen molar-refractivity contribution in [3.05, 3.63) is 83.7 Å². The molecule has 27 atom stereocenters. The molecular formula is C63H89NO23. The van der Waals surface area contributed by atoms with Crippen LogP contribution in [0.25, 0.3) is 6.08 Å². The van der Waals surface area contributed by atoms with E-state index in [-0.39, 0.29) is 43.8 Å². The van der Waals surface area contributed by atoms with Gasteiger partial charge < -0.3 is 102 Å². The lowest BCUT2D eigenvalue weighted by molar-refractivity contribution is -0.373. The van der Waals surface area contributed by atoms with E-state index in [1.807, 2.05) is 43.3 Å². The first-order valence-corrected chi connectivity index (χ1v) is 30.4. The normalized spacial score (nSPS) is 45.9. The molecule has 8 aliphatic rings. The van der Waals surface area contributed by atoms with Crippen LogP contribution in [-0.2, 0) is 66.4 Å². The number of hydrogen-bond donors (Lipinski definition) is 8. The van der Waals surface area contributed by atoms with E-state index in [1.165, 1.54) is 32.7 Å². The number of aliphatic hydroxyl groups is 8. The SMILES string of the molecule is CO[C@H]1[C@@H](O)[C@H](O[C@@H]2[C@@H](C)O[C@@H](O[C@H]3[C@@H](OC)C[C@H](O[C@H]4CC[C@@]5(C)C(=CC[C@]6(O)[C@@H]5C[C@@H](OC(=O)c5cccnc5)[C@@]5(C)[C@@]6(O)CC[C@]5(O)[C@H](C)OC(=O)/C=C/c5ccccc5)C4)O[C@@H]3C)C[C@H]2OC)O[C@H](C)[C@H]1O[C@@H]1O[C@H](CO)[C@@H](O)[C@H](O)[C@H]1O. The molecule has 1 aromatic carbocycles. The Hall–Kier alpha value is -3.97. The van der Waals surface area contributed by atoms with E-state index in [2.05, 4.69) is 11.9 Å². The minimum atomic E-state index is -2.04. The summed E-state index contributed by atoms with van der Waals surface area (Å²) in [6.07, 6.45) is -11.4. The van der Waals surface area contributed by atoms with E-state index in [0.717, 1.165) is 11.1 Å². The summed E-state index contributed by atoms with van der Waals surface area (Å²) in [5.41, 5.74) is -6.31. The number of aliphatic hydroxyl groups excluding tert-OH is 5. The van der Waals surface area contributed by atoms with Gasteiger partial charge in [-0.1, -0.05) is 55.8 Å². The van der Waals surface area contributed by atoms with E-state index >= 15 is 0 Å². The molecule has 8 N–H and O–H groups in total. The molecule has 484 valence electrons. The highest BCUT2D eigenvalue weighted by molar-refractivity contribution is 5.89. The summed E-state index contributed by atoms with van der Waals surface area (Å²) in [6.45, 7) is 9.93. The molecule has 4 aliphatic carbocycles. The number of rotatable bonds is 18. The van der Waals surface area contributed by atoms with Gasteiger partial charge in [0.25, 0.3) is 0 Å². The van der Waals surface area contributed by atoms with Gasteiger partial charge in [-0.3, -0.25) is 4.98 Å². The highest BCUT2D eigenvalue weighted by Gasteiger charge is 2.81. The number of hydrogen-bond acceptors (Lipinski definition) is 24. The third kappa shape index (κ3) is 12.0. The van der Waals surface area contributed by atoms with Gasteiger partial charge in [-0.05, 0) is 102 Å². The summed E-state index contributed by atoms with van der Waals surface area (Å²) in [7, 11) is 4.48. The number of benzene rings is 1. The monoisotopic (exact) mass is 1230 g/mol. The lowest BCUT2D eigenvalue weighted by atomic mass is 9.42. The van der Waals surface area contributed by atoms with Gasteiger partial charge in [0, 0.05) is 58.6 Å². The van der Waals surface area contributed by atoms with Crippen LogP contribution in [0.3, 0.4) is 0 Å². The number of aromatic nitrogens is 1. The second-order valence-electron chi connectivity index (χ2n) is 25.5. The van der Waals surface area contributed by atoms with E-state index in [0.29, 0.717) is 25.7 Å². The quantitative estimate of drug-likeness (QED) is 0.0604. The van der Waals surface area contributed by atoms with Gasteiger partial charge >= 0.3 is 11.9 Å². The Balaban J connectivity index is 0.777. The largest absolute Gasteiger partial charge is 0.458 e. The smallest absolute Gasteiger partial charge is 0.339 e. The second-order valence-corrected chi connectivity index (χ2v) is 25.5. The summed E-state index contributed by atoms with van der Waals surface area (Å²) >= 11 is 0. The molecule has 5 heterocycles. The van der Waals surface area contributed by atoms with Crippen LogP contribution in [-0.4, -0.2) is 231 Å². The predicted octanol–water partition coefficient (Wildman–Crippen LogP) is 2.55. The minimum Gasteiger partial charge on any atom is -0.458 e. The number of fused-ring (bicyclic) bond motifs is 5. The van der Waals surface area contributed by atoms with Gasteiger partial charge in [0.15, 0.2) is 25.2 Å². The lowest BCUT2D eigenvalue weighted by Gasteiger charge is -2.67. The van der Waals surface area contributed by atoms with Gasteiger partial charge in [-0.2, -0.15) is 0 Å². The topological polar surface area (TPSA) is 329 Å². The zero-order valence-corrected chi connectivity index (χ0v) is 50.8. The van der Waals surface area contributed by atoms with E-state index in [9.17, 15) is 50.4 Å². The first-order chi connectivity index (χ1) is 41.4. The molecular weight excluding hydrogens is 1140 g/mol. The molecule has 0 amide bonds. The molecule has 4 aliphatic heterocycles. The summed E-state index contributed by atoms with van der Waals surface area (Å²) < 4.78 is 80.5. The fourth-order valence-corrected chi connectivity index (χ4v) is 15.8. The van der Waals surface area contributed by atoms with Crippen molar-refractivity contribution >= 4 is 18.0 Å². The van der Waals surface area contributed by atoms with Crippen LogP contribution in [0, 0.1) is 16.7 Å². The Bertz CT molecular complexity index is 2730. The summed E-state index contributed by atoms with van der Waals surface area (Å²) in [5.74, 6) is -2.08. The van der Waals surface area contributed by atoms with E-state index in [1.54, 1.807) is 53.0 Å². The van der Waals surface area contributed by atoms with Crippen molar-refractivity contribution in [2.75, 3.05) is 27.9 Å². The van der Waals surface area contributed by atoms with Crippen molar-refractivity contribution in [2.45, 2.75) is 245 Å². The average molecular weight is 1230 g/mol. The van der Waals surface area contributed by atoms with Crippen LogP contribution < -0.4 is 0 Å². The standard InChI is InChI=1S/C63H89NO23/c1-32-52(85-47-28-41(76-8)53(33(2)79-47)86-58-51(70)55(77-9)54(34(3)80-58)87-57-50(69)49(68)48(67)42(31-65)83-57)40(75-7)27-46(78-32)82-39-20-21-59(5)38(26-39)19-22-62(73)43(59)29-44(84-56(71)37-16-13-25-64-30-37)60(6)61(72,23-24-63(60,62)74)35(4)81-45(66)18-17-36-14-11-10-12-15-36/h10-19,25,30,32-35,39-44,46-55,57-58,65,67-70,72-74H,20-24,26-29,31H2,1-9H3/b18-17+/t32-,33-,34-,35+,39+,40+,41-,42-,43-,44-,46+,47+,48-,49+,50-,51-,52-,53-,54-,55+,57+,58+,59+,60-,61+,62+,63+/m1/s1. The van der Waals surface area contributed by atoms with Gasteiger partial charge in [-0.25, -0.2) is 9.59 Å². The van der Waals surface area contributed by atoms with Crippen molar-refractivity contribution in [3.8, 4) is 0 Å². The molecule has 0 spiro atoms. The maximum atomic E-state index is 14.1. The molecule has 0 radical (unpaired) electrons. The molecule has 3 saturated carbocycles. The Morgan fingerprint density at radius 1 is 0.724 bits per heavy atom. The van der Waals surface area contributed by atoms with Crippen molar-refractivity contribution < 1.29 is 112 Å².